The number of nitrogens with zero attached hydrogens (tertiary/aromatic N) is 1. The average Bonchev–Trinajstić information content (AvgIpc) is 2.91. The normalized spacial score (nSPS) is 17.4. The summed E-state index contributed by atoms with van der Waals surface area (Å²) >= 11 is 6.14. The lowest BCUT2D eigenvalue weighted by Crippen LogP contribution is -2.28. The average molecular weight is 341 g/mol. The van der Waals surface area contributed by atoms with Gasteiger partial charge >= 0.3 is 0 Å². The van der Waals surface area contributed by atoms with E-state index >= 15 is 0 Å². The first-order chi connectivity index (χ1) is 11.1. The molecule has 0 radical (unpaired) electrons. The van der Waals surface area contributed by atoms with Crippen molar-refractivity contribution < 1.29 is 19.1 Å². The largest absolute Gasteiger partial charge is 0.487 e. The Kier molecular flexibility index (Phi) is 6.24. The highest BCUT2D eigenvalue weighted by Gasteiger charge is 2.33. The Bertz CT molecular complexity index is 579. The van der Waals surface area contributed by atoms with E-state index in [1.54, 1.807) is 30.2 Å². The minimum atomic E-state index is -0.353. The van der Waals surface area contributed by atoms with Crippen molar-refractivity contribution in [3.63, 3.8) is 0 Å². The van der Waals surface area contributed by atoms with Gasteiger partial charge in [0.15, 0.2) is 5.75 Å². The van der Waals surface area contributed by atoms with Crippen LogP contribution in [-0.4, -0.2) is 50.1 Å². The molecule has 1 fully saturated rings. The van der Waals surface area contributed by atoms with Crippen molar-refractivity contribution in [2.45, 2.75) is 13.3 Å². The Morgan fingerprint density at radius 1 is 1.43 bits per heavy atom. The van der Waals surface area contributed by atoms with Crippen LogP contribution in [0.1, 0.15) is 13.3 Å². The summed E-state index contributed by atoms with van der Waals surface area (Å²) in [5.41, 5.74) is 0.501. The number of methoxy groups -OCH3 is 1. The van der Waals surface area contributed by atoms with Crippen LogP contribution in [0.4, 0.5) is 5.69 Å². The summed E-state index contributed by atoms with van der Waals surface area (Å²) in [4.78, 5) is 25.8. The highest BCUT2D eigenvalue weighted by molar-refractivity contribution is 6.32. The number of hydrogen-bond acceptors (Lipinski definition) is 4. The van der Waals surface area contributed by atoms with Crippen LogP contribution >= 0.6 is 11.6 Å². The molecule has 6 nitrogen and oxygen atoms in total. The first-order valence-corrected chi connectivity index (χ1v) is 7.93. The number of carbonyl (C=O) groups is 2. The molecule has 0 aliphatic carbocycles. The molecule has 0 spiro atoms. The van der Waals surface area contributed by atoms with Gasteiger partial charge in [0.2, 0.25) is 11.8 Å². The lowest BCUT2D eigenvalue weighted by atomic mass is 10.1. The minimum Gasteiger partial charge on any atom is -0.487 e. The van der Waals surface area contributed by atoms with Gasteiger partial charge in [-0.15, -0.1) is 0 Å². The first kappa shape index (κ1) is 17.6. The van der Waals surface area contributed by atoms with Gasteiger partial charge < -0.3 is 19.7 Å². The molecule has 1 heterocycles. The van der Waals surface area contributed by atoms with Crippen LogP contribution in [0.2, 0.25) is 5.02 Å². The molecule has 0 saturated carbocycles. The molecular formula is C16H21ClN2O4. The molecule has 2 amide bonds. The molecule has 1 saturated heterocycles. The summed E-state index contributed by atoms with van der Waals surface area (Å²) in [6.45, 7) is 3.71. The zero-order valence-corrected chi connectivity index (χ0v) is 14.1. The first-order valence-electron chi connectivity index (χ1n) is 7.55. The summed E-state index contributed by atoms with van der Waals surface area (Å²) in [5.74, 6) is -0.132. The topological polar surface area (TPSA) is 67.9 Å². The zero-order valence-electron chi connectivity index (χ0n) is 13.3. The van der Waals surface area contributed by atoms with Crippen LogP contribution in [0.3, 0.4) is 0 Å². The number of carbonyl (C=O) groups excluding carboxylic acids is 2. The van der Waals surface area contributed by atoms with Gasteiger partial charge in [-0.25, -0.2) is 0 Å². The number of hydrogen-bond donors (Lipinski definition) is 1. The number of likely N-dealkylation sites (tertiary alicyclic amines) is 1. The molecule has 1 aromatic carbocycles. The predicted molar refractivity (Wildman–Crippen MR) is 87.8 cm³/mol. The SMILES string of the molecule is CCN1C[C@@H](C(=O)Nc2cccc(Cl)c2OCCOC)CC1=O. The van der Waals surface area contributed by atoms with E-state index in [0.29, 0.717) is 42.8 Å². The number of para-hydroxylation sites is 1. The van der Waals surface area contributed by atoms with E-state index in [0.717, 1.165) is 0 Å². The Labute approximate surface area is 140 Å². The Morgan fingerprint density at radius 3 is 2.87 bits per heavy atom. The van der Waals surface area contributed by atoms with Gasteiger partial charge in [-0.3, -0.25) is 9.59 Å². The van der Waals surface area contributed by atoms with Crippen LogP contribution < -0.4 is 10.1 Å². The molecule has 1 aromatic rings. The second-order valence-corrected chi connectivity index (χ2v) is 5.69. The Morgan fingerprint density at radius 2 is 2.22 bits per heavy atom. The maximum absolute atomic E-state index is 12.4. The highest BCUT2D eigenvalue weighted by Crippen LogP contribution is 2.33. The van der Waals surface area contributed by atoms with E-state index in [9.17, 15) is 9.59 Å². The molecule has 2 rings (SSSR count). The highest BCUT2D eigenvalue weighted by atomic mass is 35.5. The third-order valence-corrected chi connectivity index (χ3v) is 4.02. The molecule has 0 unspecified atom stereocenters. The maximum Gasteiger partial charge on any atom is 0.229 e. The van der Waals surface area contributed by atoms with Crippen molar-refractivity contribution in [1.29, 1.82) is 0 Å². The molecule has 1 N–H and O–H groups in total. The fourth-order valence-corrected chi connectivity index (χ4v) is 2.70. The van der Waals surface area contributed by atoms with Crippen LogP contribution in [0.15, 0.2) is 18.2 Å². The van der Waals surface area contributed by atoms with Gasteiger partial charge in [0.1, 0.15) is 6.61 Å². The summed E-state index contributed by atoms with van der Waals surface area (Å²) < 4.78 is 10.5. The van der Waals surface area contributed by atoms with Crippen LogP contribution in [0, 0.1) is 5.92 Å². The van der Waals surface area contributed by atoms with Gasteiger partial charge in [0.05, 0.1) is 23.2 Å². The van der Waals surface area contributed by atoms with E-state index in [1.165, 1.54) is 0 Å². The molecule has 1 atom stereocenters. The number of benzene rings is 1. The van der Waals surface area contributed by atoms with Crippen molar-refractivity contribution in [3.8, 4) is 5.75 Å². The number of halogens is 1. The number of ether oxygens (including phenoxy) is 2. The number of anilines is 1. The van der Waals surface area contributed by atoms with Crippen molar-refractivity contribution in [2.75, 3.05) is 38.7 Å². The van der Waals surface area contributed by atoms with E-state index < -0.39 is 0 Å². The summed E-state index contributed by atoms with van der Waals surface area (Å²) in [7, 11) is 1.58. The van der Waals surface area contributed by atoms with E-state index in [1.807, 2.05) is 6.92 Å². The van der Waals surface area contributed by atoms with Crippen LogP contribution in [0.5, 0.6) is 5.75 Å². The molecule has 1 aliphatic rings. The van der Waals surface area contributed by atoms with Crippen LogP contribution in [-0.2, 0) is 14.3 Å². The van der Waals surface area contributed by atoms with Gasteiger partial charge in [-0.2, -0.15) is 0 Å². The molecule has 1 aliphatic heterocycles. The molecule has 23 heavy (non-hydrogen) atoms. The monoisotopic (exact) mass is 340 g/mol. The standard InChI is InChI=1S/C16H21ClN2O4/c1-3-19-10-11(9-14(19)20)16(21)18-13-6-4-5-12(17)15(13)23-8-7-22-2/h4-6,11H,3,7-10H2,1-2H3,(H,18,21)/t11-/m0/s1. The van der Waals surface area contributed by atoms with Crippen molar-refractivity contribution in [2.24, 2.45) is 5.92 Å². The zero-order chi connectivity index (χ0) is 16.8. The van der Waals surface area contributed by atoms with Gasteiger partial charge in [-0.1, -0.05) is 17.7 Å². The Balaban J connectivity index is 2.06. The lowest BCUT2D eigenvalue weighted by Gasteiger charge is -2.16. The molecule has 0 aromatic heterocycles. The molecule has 126 valence electrons. The van der Waals surface area contributed by atoms with Gasteiger partial charge in [-0.05, 0) is 19.1 Å². The van der Waals surface area contributed by atoms with E-state index in [2.05, 4.69) is 5.32 Å². The number of rotatable bonds is 7. The third-order valence-electron chi connectivity index (χ3n) is 3.73. The Hall–Kier alpha value is -1.79. The summed E-state index contributed by atoms with van der Waals surface area (Å²) in [5, 5.41) is 3.23. The smallest absolute Gasteiger partial charge is 0.229 e. The number of nitrogens with one attached hydrogen (secondary N) is 1. The molecule has 7 heteroatoms. The van der Waals surface area contributed by atoms with E-state index in [4.69, 9.17) is 21.1 Å². The number of amides is 2. The van der Waals surface area contributed by atoms with Gasteiger partial charge in [0.25, 0.3) is 0 Å². The fraction of sp³-hybridized carbons (Fsp3) is 0.500. The second-order valence-electron chi connectivity index (χ2n) is 5.28. The van der Waals surface area contributed by atoms with Crippen molar-refractivity contribution in [1.82, 2.24) is 4.90 Å². The van der Waals surface area contributed by atoms with E-state index in [-0.39, 0.29) is 24.2 Å². The molecular weight excluding hydrogens is 320 g/mol. The maximum atomic E-state index is 12.4. The predicted octanol–water partition coefficient (Wildman–Crippen LogP) is 2.17. The summed E-state index contributed by atoms with van der Waals surface area (Å²) in [6, 6.07) is 5.15. The lowest BCUT2D eigenvalue weighted by molar-refractivity contribution is -0.128. The summed E-state index contributed by atoms with van der Waals surface area (Å²) in [6.07, 6.45) is 0.236. The quantitative estimate of drug-likeness (QED) is 0.772. The van der Waals surface area contributed by atoms with Gasteiger partial charge in [0, 0.05) is 26.6 Å². The fourth-order valence-electron chi connectivity index (χ4n) is 2.47. The van der Waals surface area contributed by atoms with Crippen molar-refractivity contribution >= 4 is 29.1 Å². The molecule has 0 bridgehead atoms. The third kappa shape index (κ3) is 4.36. The second kappa shape index (κ2) is 8.17. The van der Waals surface area contributed by atoms with Crippen molar-refractivity contribution in [3.05, 3.63) is 23.2 Å². The van der Waals surface area contributed by atoms with Crippen LogP contribution in [0.25, 0.3) is 0 Å². The minimum absolute atomic E-state index is 0.00955.